The third-order valence-corrected chi connectivity index (χ3v) is 4.62. The number of ether oxygens (including phenoxy) is 2. The largest absolute Gasteiger partial charge is 0.496 e. The predicted molar refractivity (Wildman–Crippen MR) is 95.6 cm³/mol. The summed E-state index contributed by atoms with van der Waals surface area (Å²) in [7, 11) is 1.73. The first-order chi connectivity index (χ1) is 11.7. The van der Waals surface area contributed by atoms with Crippen molar-refractivity contribution in [2.75, 3.05) is 7.11 Å². The second-order valence-electron chi connectivity index (χ2n) is 6.36. The summed E-state index contributed by atoms with van der Waals surface area (Å²) in [5, 5.41) is 4.79. The van der Waals surface area contributed by atoms with E-state index in [0.717, 1.165) is 36.6 Å². The number of benzene rings is 2. The lowest BCUT2D eigenvalue weighted by Gasteiger charge is -2.12. The molecule has 0 saturated carbocycles. The minimum atomic E-state index is 0.249. The molecule has 1 aromatic heterocycles. The molecule has 2 N–H and O–H groups in total. The molecule has 124 valence electrons. The summed E-state index contributed by atoms with van der Waals surface area (Å²) in [4.78, 5) is 3.25. The molecule has 0 radical (unpaired) electrons. The molecular weight excluding hydrogens is 300 g/mol. The fourth-order valence-electron chi connectivity index (χ4n) is 3.45. The second-order valence-corrected chi connectivity index (χ2v) is 6.36. The van der Waals surface area contributed by atoms with Crippen molar-refractivity contribution >= 4 is 10.9 Å². The summed E-state index contributed by atoms with van der Waals surface area (Å²) >= 11 is 0. The molecule has 2 aromatic carbocycles. The van der Waals surface area contributed by atoms with E-state index in [1.54, 1.807) is 7.11 Å². The number of fused-ring (bicyclic) bond motifs is 2. The number of aromatic nitrogens is 1. The molecule has 1 aliphatic rings. The predicted octanol–water partition coefficient (Wildman–Crippen LogP) is 3.79. The lowest BCUT2D eigenvalue weighted by molar-refractivity contribution is 0.254. The molecule has 4 rings (SSSR count). The maximum Gasteiger partial charge on any atom is 0.123 e. The molecule has 4 nitrogen and oxygen atoms in total. The van der Waals surface area contributed by atoms with Crippen molar-refractivity contribution in [2.24, 2.45) is 0 Å². The fraction of sp³-hybridized carbons (Fsp3) is 0.300. The first-order valence-electron chi connectivity index (χ1n) is 8.36. The van der Waals surface area contributed by atoms with Crippen LogP contribution in [0.15, 0.2) is 42.6 Å². The Kier molecular flexibility index (Phi) is 3.90. The molecule has 0 amide bonds. The Morgan fingerprint density at radius 2 is 2.08 bits per heavy atom. The van der Waals surface area contributed by atoms with E-state index < -0.39 is 0 Å². The van der Waals surface area contributed by atoms with Gasteiger partial charge in [0.2, 0.25) is 0 Å². The highest BCUT2D eigenvalue weighted by molar-refractivity contribution is 5.82. The molecule has 1 aliphatic heterocycles. The molecule has 0 fully saturated rings. The number of rotatable bonds is 5. The zero-order valence-electron chi connectivity index (χ0n) is 14.1. The first kappa shape index (κ1) is 15.1. The van der Waals surface area contributed by atoms with E-state index in [1.807, 2.05) is 6.20 Å². The number of hydrogen-bond donors (Lipinski definition) is 2. The van der Waals surface area contributed by atoms with Gasteiger partial charge in [0, 0.05) is 47.7 Å². The lowest BCUT2D eigenvalue weighted by atomic mass is 10.1. The molecule has 24 heavy (non-hydrogen) atoms. The van der Waals surface area contributed by atoms with Gasteiger partial charge in [0.15, 0.2) is 0 Å². The maximum absolute atomic E-state index is 5.87. The smallest absolute Gasteiger partial charge is 0.123 e. The zero-order valence-corrected chi connectivity index (χ0v) is 14.1. The molecule has 0 aliphatic carbocycles. The number of methoxy groups -OCH3 is 1. The van der Waals surface area contributed by atoms with Gasteiger partial charge in [0.1, 0.15) is 17.6 Å². The van der Waals surface area contributed by atoms with Crippen LogP contribution in [0.2, 0.25) is 0 Å². The topological polar surface area (TPSA) is 46.3 Å². The average molecular weight is 322 g/mol. The number of aromatic amines is 1. The fourth-order valence-corrected chi connectivity index (χ4v) is 3.45. The molecule has 2 heterocycles. The molecule has 0 spiro atoms. The van der Waals surface area contributed by atoms with Gasteiger partial charge in [-0.15, -0.1) is 0 Å². The molecule has 1 atom stereocenters. The van der Waals surface area contributed by atoms with Gasteiger partial charge in [-0.3, -0.25) is 0 Å². The van der Waals surface area contributed by atoms with Crippen LogP contribution in [0.25, 0.3) is 10.9 Å². The molecule has 0 bridgehead atoms. The lowest BCUT2D eigenvalue weighted by Crippen LogP contribution is -2.13. The van der Waals surface area contributed by atoms with E-state index in [2.05, 4.69) is 53.6 Å². The van der Waals surface area contributed by atoms with Crippen LogP contribution >= 0.6 is 0 Å². The molecule has 1 unspecified atom stereocenters. The Bertz CT molecular complexity index is 869. The van der Waals surface area contributed by atoms with Crippen molar-refractivity contribution in [1.29, 1.82) is 0 Å². The van der Waals surface area contributed by atoms with E-state index >= 15 is 0 Å². The third-order valence-electron chi connectivity index (χ3n) is 4.62. The highest BCUT2D eigenvalue weighted by atomic mass is 16.5. The van der Waals surface area contributed by atoms with E-state index in [0.29, 0.717) is 0 Å². The summed E-state index contributed by atoms with van der Waals surface area (Å²) in [6.45, 7) is 3.66. The average Bonchev–Trinajstić information content (AvgIpc) is 3.19. The highest BCUT2D eigenvalue weighted by Crippen LogP contribution is 2.35. The maximum atomic E-state index is 5.87. The standard InChI is InChI=1S/C20H22N2O2/c1-13-8-15-9-19(23-2)16(10-20(15)24-13)12-21-11-14-4-3-5-18-17(14)6-7-22-18/h3-7,9-10,13,21-22H,8,11-12H2,1-2H3. The van der Waals surface area contributed by atoms with Gasteiger partial charge in [0.25, 0.3) is 0 Å². The van der Waals surface area contributed by atoms with Gasteiger partial charge in [-0.2, -0.15) is 0 Å². The second kappa shape index (κ2) is 6.21. The van der Waals surface area contributed by atoms with Gasteiger partial charge in [-0.25, -0.2) is 0 Å². The van der Waals surface area contributed by atoms with Crippen LogP contribution in [0, 0.1) is 0 Å². The number of hydrogen-bond acceptors (Lipinski definition) is 3. The highest BCUT2D eigenvalue weighted by Gasteiger charge is 2.21. The Morgan fingerprint density at radius 1 is 1.21 bits per heavy atom. The molecule has 4 heteroatoms. The Morgan fingerprint density at radius 3 is 2.96 bits per heavy atom. The van der Waals surface area contributed by atoms with Gasteiger partial charge in [-0.05, 0) is 36.8 Å². The van der Waals surface area contributed by atoms with Crippen LogP contribution in [-0.2, 0) is 19.5 Å². The van der Waals surface area contributed by atoms with Crippen molar-refractivity contribution < 1.29 is 9.47 Å². The quantitative estimate of drug-likeness (QED) is 0.751. The monoisotopic (exact) mass is 322 g/mol. The normalized spacial score (nSPS) is 16.2. The SMILES string of the molecule is COc1cc2c(cc1CNCc1cccc3[nH]ccc13)OC(C)C2. The summed E-state index contributed by atoms with van der Waals surface area (Å²) in [6.07, 6.45) is 3.18. The van der Waals surface area contributed by atoms with E-state index in [4.69, 9.17) is 9.47 Å². The van der Waals surface area contributed by atoms with Crippen molar-refractivity contribution in [3.63, 3.8) is 0 Å². The summed E-state index contributed by atoms with van der Waals surface area (Å²) in [5.41, 5.74) is 4.83. The van der Waals surface area contributed by atoms with E-state index in [9.17, 15) is 0 Å². The number of H-pyrrole nitrogens is 1. The van der Waals surface area contributed by atoms with E-state index in [1.165, 1.54) is 22.0 Å². The van der Waals surface area contributed by atoms with Crippen molar-refractivity contribution in [3.05, 3.63) is 59.3 Å². The van der Waals surface area contributed by atoms with Gasteiger partial charge in [0.05, 0.1) is 7.11 Å². The van der Waals surface area contributed by atoms with Crippen molar-refractivity contribution in [3.8, 4) is 11.5 Å². The van der Waals surface area contributed by atoms with Crippen LogP contribution < -0.4 is 14.8 Å². The third kappa shape index (κ3) is 2.74. The zero-order chi connectivity index (χ0) is 16.5. The first-order valence-corrected chi connectivity index (χ1v) is 8.36. The van der Waals surface area contributed by atoms with Crippen molar-refractivity contribution in [2.45, 2.75) is 32.5 Å². The van der Waals surface area contributed by atoms with Crippen LogP contribution in [0.4, 0.5) is 0 Å². The summed E-state index contributed by atoms with van der Waals surface area (Å²) in [6, 6.07) is 12.7. The molecule has 0 saturated heterocycles. The minimum absolute atomic E-state index is 0.249. The van der Waals surface area contributed by atoms with Crippen LogP contribution in [0.5, 0.6) is 11.5 Å². The Balaban J connectivity index is 1.50. The Labute approximate surface area is 141 Å². The summed E-state index contributed by atoms with van der Waals surface area (Å²) in [5.74, 6) is 1.92. The minimum Gasteiger partial charge on any atom is -0.496 e. The Hall–Kier alpha value is -2.46. The van der Waals surface area contributed by atoms with Crippen LogP contribution in [0.1, 0.15) is 23.6 Å². The van der Waals surface area contributed by atoms with Gasteiger partial charge >= 0.3 is 0 Å². The summed E-state index contributed by atoms with van der Waals surface area (Å²) < 4.78 is 11.4. The van der Waals surface area contributed by atoms with Gasteiger partial charge < -0.3 is 19.8 Å². The van der Waals surface area contributed by atoms with Crippen LogP contribution in [-0.4, -0.2) is 18.2 Å². The number of nitrogens with one attached hydrogen (secondary N) is 2. The van der Waals surface area contributed by atoms with Crippen molar-refractivity contribution in [1.82, 2.24) is 10.3 Å². The van der Waals surface area contributed by atoms with E-state index in [-0.39, 0.29) is 6.10 Å². The van der Waals surface area contributed by atoms with Crippen LogP contribution in [0.3, 0.4) is 0 Å². The molecule has 3 aromatic rings. The van der Waals surface area contributed by atoms with Gasteiger partial charge in [-0.1, -0.05) is 12.1 Å². The molecular formula is C20H22N2O2.